The molecule has 1 saturated heterocycles. The van der Waals surface area contributed by atoms with Gasteiger partial charge in [0.2, 0.25) is 0 Å². The summed E-state index contributed by atoms with van der Waals surface area (Å²) in [6, 6.07) is 4.73. The molecule has 0 spiro atoms. The van der Waals surface area contributed by atoms with Gasteiger partial charge in [-0.25, -0.2) is 0 Å². The monoisotopic (exact) mass is 330 g/mol. The maximum atomic E-state index is 10.9. The first-order valence-electron chi connectivity index (χ1n) is 5.99. The lowest BCUT2D eigenvalue weighted by atomic mass is 10.2. The van der Waals surface area contributed by atoms with Gasteiger partial charge >= 0.3 is 5.69 Å². The Bertz CT molecular complexity index is 469. The molecule has 0 bridgehead atoms. The summed E-state index contributed by atoms with van der Waals surface area (Å²) in [4.78, 5) is 10.5. The summed E-state index contributed by atoms with van der Waals surface area (Å²) < 4.78 is 11.8. The first-order chi connectivity index (χ1) is 9.06. The fraction of sp³-hybridized carbons (Fsp3) is 0.500. The van der Waals surface area contributed by atoms with E-state index in [4.69, 9.17) is 9.47 Å². The van der Waals surface area contributed by atoms with Crippen LogP contribution in [0.4, 0.5) is 5.69 Å². The molecule has 1 aliphatic heterocycles. The number of benzene rings is 1. The fourth-order valence-corrected chi connectivity index (χ4v) is 2.26. The molecule has 1 aliphatic rings. The van der Waals surface area contributed by atoms with Crippen molar-refractivity contribution in [2.45, 2.75) is 19.1 Å². The highest BCUT2D eigenvalue weighted by Gasteiger charge is 2.21. The van der Waals surface area contributed by atoms with E-state index in [-0.39, 0.29) is 23.6 Å². The molecule has 1 N–H and O–H groups in total. The molecule has 1 heterocycles. The summed E-state index contributed by atoms with van der Waals surface area (Å²) in [5.74, 6) is 0.259. The van der Waals surface area contributed by atoms with Crippen LogP contribution in [0.5, 0.6) is 5.75 Å². The Morgan fingerprint density at radius 1 is 1.58 bits per heavy atom. The van der Waals surface area contributed by atoms with Crippen LogP contribution in [0.1, 0.15) is 6.92 Å². The second-order valence-electron chi connectivity index (χ2n) is 4.41. The van der Waals surface area contributed by atoms with Gasteiger partial charge in [0, 0.05) is 23.6 Å². The fourth-order valence-electron chi connectivity index (χ4n) is 1.91. The van der Waals surface area contributed by atoms with Gasteiger partial charge in [0.05, 0.1) is 11.0 Å². The van der Waals surface area contributed by atoms with Crippen LogP contribution in [-0.2, 0) is 4.74 Å². The Labute approximate surface area is 119 Å². The largest absolute Gasteiger partial charge is 0.484 e. The van der Waals surface area contributed by atoms with Crippen LogP contribution in [0.15, 0.2) is 22.7 Å². The van der Waals surface area contributed by atoms with Crippen LogP contribution in [0.25, 0.3) is 0 Å². The third-order valence-electron chi connectivity index (χ3n) is 2.77. The SMILES string of the molecule is CC1CNCC(COc2ccc(Br)cc2[N+](=O)[O-])O1. The number of hydrogen-bond donors (Lipinski definition) is 1. The molecule has 104 valence electrons. The highest BCUT2D eigenvalue weighted by molar-refractivity contribution is 9.10. The quantitative estimate of drug-likeness (QED) is 0.676. The van der Waals surface area contributed by atoms with Gasteiger partial charge in [-0.3, -0.25) is 10.1 Å². The minimum absolute atomic E-state index is 0.0498. The molecule has 2 rings (SSSR count). The zero-order valence-corrected chi connectivity index (χ0v) is 12.1. The number of hydrogen-bond acceptors (Lipinski definition) is 5. The zero-order chi connectivity index (χ0) is 13.8. The van der Waals surface area contributed by atoms with Gasteiger partial charge in [0.25, 0.3) is 0 Å². The molecule has 2 atom stereocenters. The van der Waals surface area contributed by atoms with Crippen molar-refractivity contribution in [1.82, 2.24) is 5.32 Å². The van der Waals surface area contributed by atoms with Crippen molar-refractivity contribution in [3.63, 3.8) is 0 Å². The van der Waals surface area contributed by atoms with Gasteiger partial charge in [-0.1, -0.05) is 15.9 Å². The topological polar surface area (TPSA) is 73.6 Å². The normalized spacial score (nSPS) is 23.1. The number of ether oxygens (including phenoxy) is 2. The first-order valence-corrected chi connectivity index (χ1v) is 6.78. The molecule has 0 saturated carbocycles. The Hall–Kier alpha value is -1.18. The van der Waals surface area contributed by atoms with Crippen LogP contribution in [0, 0.1) is 10.1 Å². The van der Waals surface area contributed by atoms with E-state index >= 15 is 0 Å². The van der Waals surface area contributed by atoms with Crippen molar-refractivity contribution in [3.05, 3.63) is 32.8 Å². The van der Waals surface area contributed by atoms with Crippen LogP contribution in [0.3, 0.4) is 0 Å². The molecule has 0 radical (unpaired) electrons. The number of nitro benzene ring substituents is 1. The summed E-state index contributed by atoms with van der Waals surface area (Å²) in [6.07, 6.45) is 0.0363. The molecule has 7 heteroatoms. The van der Waals surface area contributed by atoms with E-state index in [0.29, 0.717) is 17.6 Å². The predicted octanol–water partition coefficient (Wildman–Crippen LogP) is 2.11. The maximum absolute atomic E-state index is 10.9. The molecular formula is C12H15BrN2O4. The highest BCUT2D eigenvalue weighted by Crippen LogP contribution is 2.30. The zero-order valence-electron chi connectivity index (χ0n) is 10.5. The Morgan fingerprint density at radius 2 is 2.37 bits per heavy atom. The van der Waals surface area contributed by atoms with Crippen molar-refractivity contribution < 1.29 is 14.4 Å². The predicted molar refractivity (Wildman–Crippen MR) is 73.5 cm³/mol. The lowest BCUT2D eigenvalue weighted by Crippen LogP contribution is -2.45. The number of nitrogens with zero attached hydrogens (tertiary/aromatic N) is 1. The average Bonchev–Trinajstić information content (AvgIpc) is 2.37. The van der Waals surface area contributed by atoms with Crippen molar-refractivity contribution in [2.75, 3.05) is 19.7 Å². The van der Waals surface area contributed by atoms with E-state index < -0.39 is 4.92 Å². The van der Waals surface area contributed by atoms with E-state index in [1.807, 2.05) is 6.92 Å². The Morgan fingerprint density at radius 3 is 3.05 bits per heavy atom. The average molecular weight is 331 g/mol. The van der Waals surface area contributed by atoms with Gasteiger partial charge in [-0.05, 0) is 19.1 Å². The number of nitro groups is 1. The minimum atomic E-state index is -0.456. The van der Waals surface area contributed by atoms with Crippen molar-refractivity contribution in [1.29, 1.82) is 0 Å². The van der Waals surface area contributed by atoms with Gasteiger partial charge in [-0.2, -0.15) is 0 Å². The Kier molecular flexibility index (Phi) is 4.73. The van der Waals surface area contributed by atoms with Crippen LogP contribution in [-0.4, -0.2) is 36.8 Å². The molecule has 19 heavy (non-hydrogen) atoms. The number of nitrogens with one attached hydrogen (secondary N) is 1. The number of rotatable bonds is 4. The van der Waals surface area contributed by atoms with E-state index in [9.17, 15) is 10.1 Å². The van der Waals surface area contributed by atoms with Crippen molar-refractivity contribution in [2.24, 2.45) is 0 Å². The van der Waals surface area contributed by atoms with E-state index in [1.165, 1.54) is 6.07 Å². The summed E-state index contributed by atoms with van der Waals surface area (Å²) in [5, 5.41) is 14.2. The van der Waals surface area contributed by atoms with E-state index in [0.717, 1.165) is 6.54 Å². The summed E-state index contributed by atoms with van der Waals surface area (Å²) in [7, 11) is 0. The first kappa shape index (κ1) is 14.2. The number of halogens is 1. The minimum Gasteiger partial charge on any atom is -0.484 e. The summed E-state index contributed by atoms with van der Waals surface area (Å²) in [5.41, 5.74) is -0.0498. The third-order valence-corrected chi connectivity index (χ3v) is 3.26. The van der Waals surface area contributed by atoms with E-state index in [2.05, 4.69) is 21.2 Å². The second kappa shape index (κ2) is 6.31. The maximum Gasteiger partial charge on any atom is 0.312 e. The Balaban J connectivity index is 2.01. The van der Waals surface area contributed by atoms with Gasteiger partial charge in [-0.15, -0.1) is 0 Å². The van der Waals surface area contributed by atoms with Gasteiger partial charge in [0.1, 0.15) is 12.7 Å². The molecular weight excluding hydrogens is 316 g/mol. The molecule has 0 aliphatic carbocycles. The summed E-state index contributed by atoms with van der Waals surface area (Å²) >= 11 is 3.21. The van der Waals surface area contributed by atoms with Gasteiger partial charge < -0.3 is 14.8 Å². The smallest absolute Gasteiger partial charge is 0.312 e. The van der Waals surface area contributed by atoms with Gasteiger partial charge in [0.15, 0.2) is 5.75 Å². The molecule has 0 aromatic heterocycles. The van der Waals surface area contributed by atoms with Crippen LogP contribution >= 0.6 is 15.9 Å². The molecule has 1 aromatic rings. The standard InChI is InChI=1S/C12H15BrN2O4/c1-8-5-14-6-10(19-8)7-18-12-3-2-9(13)4-11(12)15(16)17/h2-4,8,10,14H,5-7H2,1H3. The number of morpholine rings is 1. The van der Waals surface area contributed by atoms with Crippen LogP contribution in [0.2, 0.25) is 0 Å². The molecule has 6 nitrogen and oxygen atoms in total. The van der Waals surface area contributed by atoms with E-state index in [1.54, 1.807) is 12.1 Å². The lowest BCUT2D eigenvalue weighted by Gasteiger charge is -2.28. The van der Waals surface area contributed by atoms with Crippen LogP contribution < -0.4 is 10.1 Å². The molecule has 1 fully saturated rings. The highest BCUT2D eigenvalue weighted by atomic mass is 79.9. The molecule has 0 amide bonds. The molecule has 1 aromatic carbocycles. The third kappa shape index (κ3) is 3.89. The van der Waals surface area contributed by atoms with Crippen molar-refractivity contribution in [3.8, 4) is 5.75 Å². The lowest BCUT2D eigenvalue weighted by molar-refractivity contribution is -0.386. The van der Waals surface area contributed by atoms with Crippen molar-refractivity contribution >= 4 is 21.6 Å². The molecule has 2 unspecified atom stereocenters. The summed E-state index contributed by atoms with van der Waals surface area (Å²) in [6.45, 7) is 3.77. The second-order valence-corrected chi connectivity index (χ2v) is 5.32.